The van der Waals surface area contributed by atoms with Gasteiger partial charge in [0.15, 0.2) is 0 Å². The molecule has 1 unspecified atom stereocenters. The minimum Gasteiger partial charge on any atom is -0.491 e. The lowest BCUT2D eigenvalue weighted by Crippen LogP contribution is -2.44. The Balaban J connectivity index is 2.16. The largest absolute Gasteiger partial charge is 0.491 e. The highest BCUT2D eigenvalue weighted by Crippen LogP contribution is 2.25. The minimum absolute atomic E-state index is 0.166. The van der Waals surface area contributed by atoms with Crippen molar-refractivity contribution in [2.24, 2.45) is 5.41 Å². The van der Waals surface area contributed by atoms with E-state index in [1.165, 1.54) is 0 Å². The molecule has 3 heteroatoms. The van der Waals surface area contributed by atoms with Crippen LogP contribution in [-0.2, 0) is 0 Å². The van der Waals surface area contributed by atoms with Crippen LogP contribution in [0.5, 0.6) is 5.75 Å². The number of pyridine rings is 1. The molecule has 1 atom stereocenters. The summed E-state index contributed by atoms with van der Waals surface area (Å²) in [5.41, 5.74) is 1.14. The highest BCUT2D eigenvalue weighted by Gasteiger charge is 2.24. The third kappa shape index (κ3) is 3.48. The van der Waals surface area contributed by atoms with Crippen LogP contribution in [0.1, 0.15) is 27.7 Å². The molecule has 0 saturated carbocycles. The quantitative estimate of drug-likeness (QED) is 0.902. The molecule has 1 aromatic carbocycles. The van der Waals surface area contributed by atoms with Gasteiger partial charge in [-0.25, -0.2) is 0 Å². The van der Waals surface area contributed by atoms with E-state index in [1.54, 1.807) is 0 Å². The molecule has 0 saturated heterocycles. The second-order valence-electron chi connectivity index (χ2n) is 6.11. The highest BCUT2D eigenvalue weighted by atomic mass is 16.5. The Kier molecular flexibility index (Phi) is 4.61. The number of ether oxygens (including phenoxy) is 1. The van der Waals surface area contributed by atoms with E-state index < -0.39 is 0 Å². The van der Waals surface area contributed by atoms with E-state index in [0.29, 0.717) is 12.6 Å². The molecular weight excluding hydrogens is 248 g/mol. The van der Waals surface area contributed by atoms with E-state index in [0.717, 1.165) is 23.2 Å². The Labute approximate surface area is 121 Å². The summed E-state index contributed by atoms with van der Waals surface area (Å²) in [5.74, 6) is 0.905. The summed E-state index contributed by atoms with van der Waals surface area (Å²) in [7, 11) is 0. The summed E-state index contributed by atoms with van der Waals surface area (Å²) >= 11 is 0. The van der Waals surface area contributed by atoms with Gasteiger partial charge in [0.2, 0.25) is 0 Å². The van der Waals surface area contributed by atoms with Gasteiger partial charge < -0.3 is 10.1 Å². The monoisotopic (exact) mass is 272 g/mol. The van der Waals surface area contributed by atoms with Crippen LogP contribution in [0.2, 0.25) is 0 Å². The van der Waals surface area contributed by atoms with E-state index in [9.17, 15) is 0 Å². The molecule has 3 nitrogen and oxygen atoms in total. The van der Waals surface area contributed by atoms with E-state index in [4.69, 9.17) is 4.74 Å². The van der Waals surface area contributed by atoms with Crippen LogP contribution < -0.4 is 10.1 Å². The molecule has 0 fully saturated rings. The molecule has 2 rings (SSSR count). The van der Waals surface area contributed by atoms with Crippen LogP contribution in [0.3, 0.4) is 0 Å². The van der Waals surface area contributed by atoms with Gasteiger partial charge in [-0.2, -0.15) is 0 Å². The van der Waals surface area contributed by atoms with Crippen molar-refractivity contribution in [3.63, 3.8) is 0 Å². The fourth-order valence-electron chi connectivity index (χ4n) is 2.24. The third-order valence-electron chi connectivity index (χ3n) is 3.51. The SMILES string of the molecule is CCNC(COc1cccc2ncccc12)C(C)(C)C. The van der Waals surface area contributed by atoms with Crippen LogP contribution in [0.4, 0.5) is 0 Å². The second kappa shape index (κ2) is 6.23. The molecule has 1 aromatic heterocycles. The smallest absolute Gasteiger partial charge is 0.128 e. The first-order valence-corrected chi connectivity index (χ1v) is 7.22. The third-order valence-corrected chi connectivity index (χ3v) is 3.51. The molecule has 0 spiro atoms. The van der Waals surface area contributed by atoms with Gasteiger partial charge in [0.1, 0.15) is 12.4 Å². The molecule has 0 aliphatic rings. The van der Waals surface area contributed by atoms with Crippen molar-refractivity contribution in [2.75, 3.05) is 13.2 Å². The van der Waals surface area contributed by atoms with Crippen LogP contribution in [0.15, 0.2) is 36.5 Å². The van der Waals surface area contributed by atoms with Gasteiger partial charge in [0.05, 0.1) is 5.52 Å². The Hall–Kier alpha value is -1.61. The van der Waals surface area contributed by atoms with Gasteiger partial charge in [-0.1, -0.05) is 33.8 Å². The summed E-state index contributed by atoms with van der Waals surface area (Å²) < 4.78 is 6.06. The lowest BCUT2D eigenvalue weighted by atomic mass is 9.87. The van der Waals surface area contributed by atoms with E-state index in [2.05, 4.69) is 44.1 Å². The van der Waals surface area contributed by atoms with Gasteiger partial charge >= 0.3 is 0 Å². The number of fused-ring (bicyclic) bond motifs is 1. The van der Waals surface area contributed by atoms with Crippen LogP contribution in [-0.4, -0.2) is 24.2 Å². The Bertz CT molecular complexity index is 555. The van der Waals surface area contributed by atoms with Crippen molar-refractivity contribution in [1.29, 1.82) is 0 Å². The summed E-state index contributed by atoms with van der Waals surface area (Å²) in [6.07, 6.45) is 1.81. The summed E-state index contributed by atoms with van der Waals surface area (Å²) in [6.45, 7) is 10.4. The molecule has 20 heavy (non-hydrogen) atoms. The van der Waals surface area contributed by atoms with Crippen LogP contribution in [0, 0.1) is 5.41 Å². The number of rotatable bonds is 5. The zero-order valence-corrected chi connectivity index (χ0v) is 12.8. The number of likely N-dealkylation sites (N-methyl/N-ethyl adjacent to an activating group) is 1. The molecular formula is C17H24N2O. The maximum atomic E-state index is 6.06. The predicted octanol–water partition coefficient (Wildman–Crippen LogP) is 3.64. The molecule has 0 aliphatic carbocycles. The number of nitrogens with one attached hydrogen (secondary N) is 1. The molecule has 108 valence electrons. The van der Waals surface area contributed by atoms with Gasteiger partial charge in [0.25, 0.3) is 0 Å². The highest BCUT2D eigenvalue weighted by molar-refractivity contribution is 5.84. The first-order valence-electron chi connectivity index (χ1n) is 7.22. The Morgan fingerprint density at radius 3 is 2.70 bits per heavy atom. The van der Waals surface area contributed by atoms with Crippen molar-refractivity contribution >= 4 is 10.9 Å². The topological polar surface area (TPSA) is 34.1 Å². The zero-order valence-electron chi connectivity index (χ0n) is 12.8. The molecule has 0 amide bonds. The first-order chi connectivity index (χ1) is 9.52. The molecule has 0 aliphatic heterocycles. The van der Waals surface area contributed by atoms with Crippen molar-refractivity contribution in [2.45, 2.75) is 33.7 Å². The second-order valence-corrected chi connectivity index (χ2v) is 6.11. The maximum Gasteiger partial charge on any atom is 0.128 e. The Morgan fingerprint density at radius 2 is 2.00 bits per heavy atom. The van der Waals surface area contributed by atoms with Gasteiger partial charge in [-0.05, 0) is 36.2 Å². The first kappa shape index (κ1) is 14.8. The number of hydrogen-bond acceptors (Lipinski definition) is 3. The minimum atomic E-state index is 0.166. The number of benzene rings is 1. The Morgan fingerprint density at radius 1 is 1.20 bits per heavy atom. The number of hydrogen-bond donors (Lipinski definition) is 1. The summed E-state index contributed by atoms with van der Waals surface area (Å²) in [5, 5.41) is 4.57. The fraction of sp³-hybridized carbons (Fsp3) is 0.471. The van der Waals surface area contributed by atoms with Crippen LogP contribution in [0.25, 0.3) is 10.9 Å². The molecule has 2 aromatic rings. The molecule has 1 N–H and O–H groups in total. The lowest BCUT2D eigenvalue weighted by molar-refractivity contribution is 0.177. The van der Waals surface area contributed by atoms with E-state index in [1.807, 2.05) is 30.5 Å². The van der Waals surface area contributed by atoms with Gasteiger partial charge in [-0.15, -0.1) is 0 Å². The van der Waals surface area contributed by atoms with E-state index in [-0.39, 0.29) is 5.41 Å². The van der Waals surface area contributed by atoms with Crippen molar-refractivity contribution in [1.82, 2.24) is 10.3 Å². The summed E-state index contributed by atoms with van der Waals surface area (Å²) in [4.78, 5) is 4.36. The van der Waals surface area contributed by atoms with Crippen molar-refractivity contribution < 1.29 is 4.74 Å². The lowest BCUT2D eigenvalue weighted by Gasteiger charge is -2.31. The maximum absolute atomic E-state index is 6.06. The van der Waals surface area contributed by atoms with Gasteiger partial charge in [0, 0.05) is 17.6 Å². The fourth-order valence-corrected chi connectivity index (χ4v) is 2.24. The zero-order chi connectivity index (χ0) is 14.6. The average molecular weight is 272 g/mol. The van der Waals surface area contributed by atoms with E-state index >= 15 is 0 Å². The summed E-state index contributed by atoms with van der Waals surface area (Å²) in [6, 6.07) is 10.3. The molecule has 1 heterocycles. The standard InChI is InChI=1S/C17H24N2O/c1-5-18-16(17(2,3)4)12-20-15-10-6-9-14-13(15)8-7-11-19-14/h6-11,16,18H,5,12H2,1-4H3. The number of nitrogens with zero attached hydrogens (tertiary/aromatic N) is 1. The van der Waals surface area contributed by atoms with Crippen LogP contribution >= 0.6 is 0 Å². The number of aromatic nitrogens is 1. The van der Waals surface area contributed by atoms with Crippen molar-refractivity contribution in [3.05, 3.63) is 36.5 Å². The predicted molar refractivity (Wildman–Crippen MR) is 84.2 cm³/mol. The molecule has 0 radical (unpaired) electrons. The normalized spacial score (nSPS) is 13.4. The average Bonchev–Trinajstić information content (AvgIpc) is 2.42. The van der Waals surface area contributed by atoms with Gasteiger partial charge in [-0.3, -0.25) is 4.98 Å². The molecule has 0 bridgehead atoms. The van der Waals surface area contributed by atoms with Crippen molar-refractivity contribution in [3.8, 4) is 5.75 Å².